The topological polar surface area (TPSA) is 54.9 Å². The molecule has 3 rings (SSSR count). The Bertz CT molecular complexity index is 863. The van der Waals surface area contributed by atoms with Gasteiger partial charge in [-0.1, -0.05) is 6.07 Å². The molecule has 0 fully saturated rings. The molecule has 2 aromatic heterocycles. The van der Waals surface area contributed by atoms with Crippen LogP contribution in [-0.4, -0.2) is 27.9 Å². The lowest BCUT2D eigenvalue weighted by atomic mass is 10.3. The first-order valence-electron chi connectivity index (χ1n) is 7.43. The zero-order chi connectivity index (χ0) is 16.9. The zero-order valence-electron chi connectivity index (χ0n) is 13.4. The molecule has 0 aliphatic carbocycles. The summed E-state index contributed by atoms with van der Waals surface area (Å²) in [5, 5.41) is 4.98. The molecule has 0 bridgehead atoms. The average molecular weight is 376 g/mol. The lowest BCUT2D eigenvalue weighted by Gasteiger charge is -2.06. The van der Waals surface area contributed by atoms with Crippen LogP contribution in [0.15, 0.2) is 46.6 Å². The number of rotatable bonds is 6. The van der Waals surface area contributed by atoms with Gasteiger partial charge in [-0.25, -0.2) is 9.97 Å². The lowest BCUT2D eigenvalue weighted by molar-refractivity contribution is -0.115. The van der Waals surface area contributed by atoms with Gasteiger partial charge in [-0.15, -0.1) is 34.9 Å². The van der Waals surface area contributed by atoms with E-state index < -0.39 is 0 Å². The van der Waals surface area contributed by atoms with Crippen molar-refractivity contribution in [3.8, 4) is 0 Å². The number of hydrogen-bond acceptors (Lipinski definition) is 6. The fourth-order valence-corrected chi connectivity index (χ4v) is 4.52. The molecular weight excluding hydrogens is 358 g/mol. The Morgan fingerprint density at radius 1 is 1.29 bits per heavy atom. The molecule has 0 unspecified atom stereocenters. The summed E-state index contributed by atoms with van der Waals surface area (Å²) < 4.78 is 0. The Morgan fingerprint density at radius 2 is 2.17 bits per heavy atom. The van der Waals surface area contributed by atoms with Crippen LogP contribution in [0, 0.1) is 6.92 Å². The Morgan fingerprint density at radius 3 is 3.00 bits per heavy atom. The van der Waals surface area contributed by atoms with Gasteiger partial charge in [-0.2, -0.15) is 0 Å². The summed E-state index contributed by atoms with van der Waals surface area (Å²) in [6.07, 6.45) is 4.06. The van der Waals surface area contributed by atoms with E-state index in [1.165, 1.54) is 4.88 Å². The van der Waals surface area contributed by atoms with Crippen molar-refractivity contribution in [2.45, 2.75) is 23.3 Å². The van der Waals surface area contributed by atoms with E-state index in [2.05, 4.69) is 28.3 Å². The largest absolute Gasteiger partial charge is 0.326 e. The molecule has 24 heavy (non-hydrogen) atoms. The monoisotopic (exact) mass is 375 g/mol. The molecule has 0 radical (unpaired) electrons. The molecule has 0 aliphatic heterocycles. The summed E-state index contributed by atoms with van der Waals surface area (Å²) >= 11 is 4.93. The zero-order valence-corrected chi connectivity index (χ0v) is 15.9. The highest BCUT2D eigenvalue weighted by molar-refractivity contribution is 7.99. The van der Waals surface area contributed by atoms with Crippen molar-refractivity contribution in [3.63, 3.8) is 0 Å². The molecule has 0 aliphatic rings. The number of thioether (sulfide) groups is 2. The number of benzene rings is 1. The maximum Gasteiger partial charge on any atom is 0.225 e. The van der Waals surface area contributed by atoms with Crippen molar-refractivity contribution in [1.82, 2.24) is 9.97 Å². The number of nitrogens with zero attached hydrogens (tertiary/aromatic N) is 2. The van der Waals surface area contributed by atoms with Crippen molar-refractivity contribution in [2.24, 2.45) is 0 Å². The Kier molecular flexibility index (Phi) is 5.76. The second-order valence-corrected chi connectivity index (χ2v) is 8.33. The number of aryl methyl sites for hydroxylation is 1. The van der Waals surface area contributed by atoms with E-state index >= 15 is 0 Å². The Balaban J connectivity index is 1.56. The summed E-state index contributed by atoms with van der Waals surface area (Å²) in [4.78, 5) is 24.1. The van der Waals surface area contributed by atoms with Crippen LogP contribution < -0.4 is 5.32 Å². The van der Waals surface area contributed by atoms with Crippen LogP contribution in [0.25, 0.3) is 10.2 Å². The highest BCUT2D eigenvalue weighted by atomic mass is 32.2. The first kappa shape index (κ1) is 17.3. The molecule has 0 saturated heterocycles. The number of nitrogens with one attached hydrogen (secondary N) is 1. The molecule has 0 atom stereocenters. The highest BCUT2D eigenvalue weighted by Crippen LogP contribution is 2.30. The van der Waals surface area contributed by atoms with Crippen molar-refractivity contribution < 1.29 is 4.79 Å². The van der Waals surface area contributed by atoms with Crippen LogP contribution in [0.3, 0.4) is 0 Å². The number of hydrogen-bond donors (Lipinski definition) is 1. The Hall–Kier alpha value is -1.57. The van der Waals surface area contributed by atoms with E-state index in [4.69, 9.17) is 0 Å². The number of amides is 1. The van der Waals surface area contributed by atoms with Gasteiger partial charge in [0.2, 0.25) is 5.91 Å². The fourth-order valence-electron chi connectivity index (χ4n) is 2.23. The number of thiophene rings is 1. The molecular formula is C17H17N3OS3. The molecule has 124 valence electrons. The van der Waals surface area contributed by atoms with Gasteiger partial charge in [0.15, 0.2) is 0 Å². The minimum absolute atomic E-state index is 0.0209. The maximum atomic E-state index is 12.1. The van der Waals surface area contributed by atoms with Crippen molar-refractivity contribution >= 4 is 56.7 Å². The molecule has 1 aromatic carbocycles. The molecule has 7 heteroatoms. The van der Waals surface area contributed by atoms with Crippen LogP contribution in [0.2, 0.25) is 0 Å². The van der Waals surface area contributed by atoms with E-state index in [9.17, 15) is 4.79 Å². The summed E-state index contributed by atoms with van der Waals surface area (Å²) in [5.41, 5.74) is 0.842. The average Bonchev–Trinajstić information content (AvgIpc) is 2.96. The lowest BCUT2D eigenvalue weighted by Crippen LogP contribution is -2.12. The fraction of sp³-hybridized carbons (Fsp3) is 0.235. The van der Waals surface area contributed by atoms with Crippen LogP contribution >= 0.6 is 34.9 Å². The van der Waals surface area contributed by atoms with Gasteiger partial charge >= 0.3 is 0 Å². The van der Waals surface area contributed by atoms with E-state index in [0.29, 0.717) is 12.2 Å². The molecule has 2 heterocycles. The number of carbonyl (C=O) groups excluding carboxylic acids is 1. The Labute approximate surface area is 153 Å². The smallest absolute Gasteiger partial charge is 0.225 e. The number of anilines is 1. The predicted molar refractivity (Wildman–Crippen MR) is 104 cm³/mol. The number of carbonyl (C=O) groups is 1. The van der Waals surface area contributed by atoms with E-state index in [1.807, 2.05) is 30.5 Å². The quantitative estimate of drug-likeness (QED) is 0.493. The molecule has 0 spiro atoms. The van der Waals surface area contributed by atoms with Crippen molar-refractivity contribution in [3.05, 3.63) is 41.5 Å². The third-order valence-corrected chi connectivity index (χ3v) is 6.03. The van der Waals surface area contributed by atoms with Crippen molar-refractivity contribution in [2.75, 3.05) is 17.3 Å². The van der Waals surface area contributed by atoms with Gasteiger partial charge in [0.1, 0.15) is 16.2 Å². The van der Waals surface area contributed by atoms with Crippen molar-refractivity contribution in [1.29, 1.82) is 0 Å². The molecule has 1 amide bonds. The number of aromatic nitrogens is 2. The van der Waals surface area contributed by atoms with Gasteiger partial charge in [-0.3, -0.25) is 4.79 Å². The van der Waals surface area contributed by atoms with Crippen LogP contribution in [-0.2, 0) is 4.79 Å². The van der Waals surface area contributed by atoms with Gasteiger partial charge < -0.3 is 5.32 Å². The van der Waals surface area contributed by atoms with E-state index in [-0.39, 0.29) is 5.91 Å². The summed E-state index contributed by atoms with van der Waals surface area (Å²) in [6.45, 7) is 2.07. The third-order valence-electron chi connectivity index (χ3n) is 3.34. The molecule has 0 saturated carbocycles. The van der Waals surface area contributed by atoms with Crippen LogP contribution in [0.1, 0.15) is 11.3 Å². The van der Waals surface area contributed by atoms with Gasteiger partial charge in [0.05, 0.1) is 0 Å². The highest BCUT2D eigenvalue weighted by Gasteiger charge is 2.09. The number of fused-ring (bicyclic) bond motifs is 1. The van der Waals surface area contributed by atoms with Gasteiger partial charge in [0, 0.05) is 33.0 Å². The normalized spacial score (nSPS) is 10.9. The molecule has 4 nitrogen and oxygen atoms in total. The van der Waals surface area contributed by atoms with Crippen LogP contribution in [0.5, 0.6) is 0 Å². The predicted octanol–water partition coefficient (Wildman–Crippen LogP) is 4.84. The summed E-state index contributed by atoms with van der Waals surface area (Å²) in [7, 11) is 0. The standard InChI is InChI=1S/C17H17N3OS3/c1-11-8-14-16(18-10-19-17(14)24-11)23-7-6-15(21)20-12-4-3-5-13(9-12)22-2/h3-5,8-10H,6-7H2,1-2H3,(H,20,21). The minimum Gasteiger partial charge on any atom is -0.326 e. The summed E-state index contributed by atoms with van der Waals surface area (Å²) in [6, 6.07) is 9.98. The van der Waals surface area contributed by atoms with Gasteiger partial charge in [-0.05, 0) is 37.4 Å². The first-order valence-corrected chi connectivity index (χ1v) is 10.5. The van der Waals surface area contributed by atoms with E-state index in [1.54, 1.807) is 41.2 Å². The van der Waals surface area contributed by atoms with Crippen LogP contribution in [0.4, 0.5) is 5.69 Å². The van der Waals surface area contributed by atoms with E-state index in [0.717, 1.165) is 25.8 Å². The second kappa shape index (κ2) is 8.00. The first-order chi connectivity index (χ1) is 11.7. The maximum absolute atomic E-state index is 12.1. The third kappa shape index (κ3) is 4.28. The van der Waals surface area contributed by atoms with Gasteiger partial charge in [0.25, 0.3) is 0 Å². The molecule has 3 aromatic rings. The summed E-state index contributed by atoms with van der Waals surface area (Å²) in [5.74, 6) is 0.710. The minimum atomic E-state index is 0.0209. The second-order valence-electron chi connectivity index (χ2n) is 5.13. The SMILES string of the molecule is CSc1cccc(NC(=O)CCSc2ncnc3sc(C)cc23)c1. The molecule has 1 N–H and O–H groups in total.